The summed E-state index contributed by atoms with van der Waals surface area (Å²) in [6, 6.07) is 7.69. The Morgan fingerprint density at radius 3 is 2.43 bits per heavy atom. The Hall–Kier alpha value is -2.87. The molecule has 1 aromatic heterocycles. The number of ether oxygens (including phenoxy) is 1. The van der Waals surface area contributed by atoms with Crippen molar-refractivity contribution in [3.8, 4) is 5.75 Å². The highest BCUT2D eigenvalue weighted by atomic mass is 35.5. The summed E-state index contributed by atoms with van der Waals surface area (Å²) < 4.78 is 34.3. The van der Waals surface area contributed by atoms with Crippen molar-refractivity contribution < 1.29 is 13.7 Å². The van der Waals surface area contributed by atoms with Gasteiger partial charge in [0.05, 0.1) is 30.4 Å². The van der Waals surface area contributed by atoms with Gasteiger partial charge in [-0.05, 0) is 89.6 Å². The van der Waals surface area contributed by atoms with E-state index in [0.29, 0.717) is 45.1 Å². The highest BCUT2D eigenvalue weighted by Crippen LogP contribution is 2.51. The van der Waals surface area contributed by atoms with E-state index in [-0.39, 0.29) is 11.8 Å². The lowest BCUT2D eigenvalue weighted by Crippen LogP contribution is -2.53. The van der Waals surface area contributed by atoms with Crippen LogP contribution >= 0.6 is 18.7 Å². The van der Waals surface area contributed by atoms with Crippen molar-refractivity contribution in [3.63, 3.8) is 0 Å². The van der Waals surface area contributed by atoms with E-state index >= 15 is 4.39 Å². The van der Waals surface area contributed by atoms with E-state index in [2.05, 4.69) is 44.5 Å². The van der Waals surface area contributed by atoms with Crippen LogP contribution in [0, 0.1) is 25.1 Å². The van der Waals surface area contributed by atoms with Gasteiger partial charge >= 0.3 is 0 Å². The summed E-state index contributed by atoms with van der Waals surface area (Å²) in [5, 5.41) is 7.40. The second kappa shape index (κ2) is 11.7. The molecule has 2 aromatic carbocycles. The molecule has 42 heavy (non-hydrogen) atoms. The van der Waals surface area contributed by atoms with Crippen LogP contribution in [0.15, 0.2) is 30.5 Å². The van der Waals surface area contributed by atoms with Crippen LogP contribution in [-0.4, -0.2) is 68.5 Å². The van der Waals surface area contributed by atoms with Gasteiger partial charge in [0.1, 0.15) is 23.7 Å². The lowest BCUT2D eigenvalue weighted by atomic mass is 9.60. The minimum atomic E-state index is -2.61. The molecule has 0 radical (unpaired) electrons. The van der Waals surface area contributed by atoms with Crippen LogP contribution in [0.2, 0.25) is 5.02 Å². The smallest absolute Gasteiger partial charge is 0.229 e. The van der Waals surface area contributed by atoms with E-state index in [4.69, 9.17) is 16.3 Å². The van der Waals surface area contributed by atoms with Crippen LogP contribution in [0.1, 0.15) is 36.8 Å². The predicted molar refractivity (Wildman–Crippen MR) is 172 cm³/mol. The third-order valence-corrected chi connectivity index (χ3v) is 10.9. The van der Waals surface area contributed by atoms with Gasteiger partial charge in [-0.25, -0.2) is 9.37 Å². The van der Waals surface area contributed by atoms with Crippen LogP contribution in [0.25, 0.3) is 0 Å². The first-order valence-corrected chi connectivity index (χ1v) is 17.3. The highest BCUT2D eigenvalue weighted by molar-refractivity contribution is 7.70. The maximum atomic E-state index is 15.5. The van der Waals surface area contributed by atoms with E-state index in [1.807, 2.05) is 26.0 Å². The molecule has 8 nitrogen and oxygen atoms in total. The number of hydrogen-bond donors (Lipinski definition) is 2. The normalized spacial score (nSPS) is 17.0. The molecule has 2 aliphatic rings. The maximum Gasteiger partial charge on any atom is 0.229 e. The van der Waals surface area contributed by atoms with Crippen LogP contribution in [-0.2, 0) is 4.57 Å². The molecule has 226 valence electrons. The zero-order valence-electron chi connectivity index (χ0n) is 25.5. The molecular weight excluding hydrogens is 574 g/mol. The van der Waals surface area contributed by atoms with Crippen LogP contribution in [0.5, 0.6) is 5.75 Å². The molecule has 0 amide bonds. The fourth-order valence-electron chi connectivity index (χ4n) is 6.35. The number of aromatic nitrogens is 2. The molecule has 0 bridgehead atoms. The Kier molecular flexibility index (Phi) is 8.49. The molecule has 0 atom stereocenters. The number of piperidine rings is 1. The standard InChI is InChI=1S/C31H41ClFN6O2P/c1-19-8-9-24(28(20(19)2)42(6,7)40)35-29-22(32)18-34-30(37-29)36-25-14-23(33)26(15-27(25)41-5)39-12-10-31(11-13-39)16-21(17-31)38(3)4/h8-9,14-15,18,21H,10-13,16-17H2,1-7H3,(H2,34,35,36,37). The van der Waals surface area contributed by atoms with E-state index in [0.717, 1.165) is 42.4 Å². The zero-order chi connectivity index (χ0) is 30.4. The van der Waals surface area contributed by atoms with Crippen molar-refractivity contribution in [2.45, 2.75) is 45.6 Å². The lowest BCUT2D eigenvalue weighted by molar-refractivity contribution is 0.00481. The number of rotatable bonds is 8. The quantitative estimate of drug-likeness (QED) is 0.264. The second-order valence-electron chi connectivity index (χ2n) is 12.4. The Morgan fingerprint density at radius 2 is 1.81 bits per heavy atom. The minimum absolute atomic E-state index is 0.217. The summed E-state index contributed by atoms with van der Waals surface area (Å²) in [6.45, 7) is 9.09. The fourth-order valence-corrected chi connectivity index (χ4v) is 8.18. The van der Waals surface area contributed by atoms with Crippen molar-refractivity contribution >= 4 is 52.9 Å². The van der Waals surface area contributed by atoms with Gasteiger partial charge in [0, 0.05) is 36.6 Å². The topological polar surface area (TPSA) is 82.6 Å². The Morgan fingerprint density at radius 1 is 1.12 bits per heavy atom. The lowest BCUT2D eigenvalue weighted by Gasteiger charge is -2.54. The average Bonchev–Trinajstić information content (AvgIpc) is 2.91. The SMILES string of the molecule is COc1cc(N2CCC3(CC2)CC(N(C)C)C3)c(F)cc1Nc1ncc(Cl)c(Nc2ccc(C)c(C)c2P(C)(C)=O)n1. The van der Waals surface area contributed by atoms with Crippen molar-refractivity contribution in [2.24, 2.45) is 5.41 Å². The Bertz CT molecular complexity index is 1530. The number of nitrogens with zero attached hydrogens (tertiary/aromatic N) is 4. The molecule has 2 N–H and O–H groups in total. The molecule has 5 rings (SSSR count). The van der Waals surface area contributed by atoms with Crippen LogP contribution < -0.4 is 25.6 Å². The van der Waals surface area contributed by atoms with Crippen molar-refractivity contribution in [1.29, 1.82) is 0 Å². The summed E-state index contributed by atoms with van der Waals surface area (Å²) in [7, 11) is 3.24. The molecule has 0 unspecified atom stereocenters. The van der Waals surface area contributed by atoms with Gasteiger partial charge in [0.25, 0.3) is 0 Å². The summed E-state index contributed by atoms with van der Waals surface area (Å²) in [5.41, 5.74) is 4.04. The minimum Gasteiger partial charge on any atom is -0.494 e. The van der Waals surface area contributed by atoms with Crippen LogP contribution in [0.3, 0.4) is 0 Å². The molecule has 2 heterocycles. The molecule has 11 heteroatoms. The first-order chi connectivity index (χ1) is 19.8. The molecular formula is C31H41ClFN6O2P. The Balaban J connectivity index is 1.35. The number of nitrogens with one attached hydrogen (secondary N) is 2. The molecule has 2 fully saturated rings. The van der Waals surface area contributed by atoms with Crippen molar-refractivity contribution in [1.82, 2.24) is 14.9 Å². The van der Waals surface area contributed by atoms with Gasteiger partial charge in [0.15, 0.2) is 5.82 Å². The second-order valence-corrected chi connectivity index (χ2v) is 16.0. The molecule has 1 aliphatic carbocycles. The third kappa shape index (κ3) is 6.10. The van der Waals surface area contributed by atoms with Gasteiger partial charge < -0.3 is 29.7 Å². The first kappa shape index (κ1) is 30.6. The first-order valence-electron chi connectivity index (χ1n) is 14.3. The summed E-state index contributed by atoms with van der Waals surface area (Å²) in [6.07, 6.45) is 6.06. The van der Waals surface area contributed by atoms with E-state index in [1.54, 1.807) is 26.5 Å². The summed E-state index contributed by atoms with van der Waals surface area (Å²) in [4.78, 5) is 13.3. The monoisotopic (exact) mass is 614 g/mol. The van der Waals surface area contributed by atoms with Crippen LogP contribution in [0.4, 0.5) is 33.2 Å². The number of halogens is 2. The Labute approximate surface area is 253 Å². The molecule has 1 spiro atoms. The highest BCUT2D eigenvalue weighted by Gasteiger charge is 2.46. The number of hydrogen-bond acceptors (Lipinski definition) is 8. The third-order valence-electron chi connectivity index (χ3n) is 8.99. The predicted octanol–water partition coefficient (Wildman–Crippen LogP) is 6.94. The van der Waals surface area contributed by atoms with E-state index in [9.17, 15) is 4.57 Å². The maximum absolute atomic E-state index is 15.5. The van der Waals surface area contributed by atoms with Gasteiger partial charge in [-0.15, -0.1) is 0 Å². The molecule has 3 aromatic rings. The van der Waals surface area contributed by atoms with Gasteiger partial charge in [0.2, 0.25) is 5.95 Å². The number of methoxy groups -OCH3 is 1. The molecule has 1 saturated carbocycles. The largest absolute Gasteiger partial charge is 0.494 e. The number of benzene rings is 2. The van der Waals surface area contributed by atoms with E-state index < -0.39 is 7.14 Å². The number of anilines is 5. The number of aryl methyl sites for hydroxylation is 1. The van der Waals surface area contributed by atoms with Crippen molar-refractivity contribution in [3.05, 3.63) is 52.4 Å². The fraction of sp³-hybridized carbons (Fsp3) is 0.484. The van der Waals surface area contributed by atoms with Gasteiger partial charge in [-0.1, -0.05) is 17.7 Å². The summed E-state index contributed by atoms with van der Waals surface area (Å²) in [5.74, 6) is 0.723. The van der Waals surface area contributed by atoms with Gasteiger partial charge in [-0.2, -0.15) is 4.98 Å². The zero-order valence-corrected chi connectivity index (χ0v) is 27.2. The van der Waals surface area contributed by atoms with Gasteiger partial charge in [-0.3, -0.25) is 0 Å². The van der Waals surface area contributed by atoms with Crippen molar-refractivity contribution in [2.75, 3.05) is 63.2 Å². The summed E-state index contributed by atoms with van der Waals surface area (Å²) >= 11 is 6.46. The molecule has 1 aliphatic heterocycles. The average molecular weight is 615 g/mol. The van der Waals surface area contributed by atoms with E-state index in [1.165, 1.54) is 25.1 Å². The molecule has 1 saturated heterocycles.